The Bertz CT molecular complexity index is 719. The number of rotatable bonds is 17. The van der Waals surface area contributed by atoms with Gasteiger partial charge in [0.1, 0.15) is 6.10 Å². The summed E-state index contributed by atoms with van der Waals surface area (Å²) < 4.78 is 18.0. The predicted molar refractivity (Wildman–Crippen MR) is 152 cm³/mol. The molecule has 0 spiro atoms. The van der Waals surface area contributed by atoms with Crippen LogP contribution in [0.1, 0.15) is 78.1 Å². The van der Waals surface area contributed by atoms with Crippen molar-refractivity contribution in [3.8, 4) is 0 Å². The maximum absolute atomic E-state index is 12.3. The number of carboxylic acids is 1. The standard InChI is InChI=1S/C28H52O6Si2/c1-9-10-11-12-13-15-18-24-20-21-26(32-23(2)29)25(24)19-16-14-17-22-28(27(30)31,33-35(3,4)5)34-36(6,7)8/h14-16,18,24-26H,9-13,17,19-22H2,1-8H3,(H,30,31)/b16-14-,18-15+/t24-,25+,26-/m0/s1. The van der Waals surface area contributed by atoms with Gasteiger partial charge in [-0.05, 0) is 83.7 Å². The third-order valence-electron chi connectivity index (χ3n) is 6.22. The molecule has 0 heterocycles. The van der Waals surface area contributed by atoms with Gasteiger partial charge in [-0.1, -0.05) is 50.5 Å². The van der Waals surface area contributed by atoms with Gasteiger partial charge in [0.15, 0.2) is 16.6 Å². The number of esters is 1. The van der Waals surface area contributed by atoms with Crippen LogP contribution in [0.15, 0.2) is 24.3 Å². The highest BCUT2D eigenvalue weighted by atomic mass is 28.4. The zero-order valence-electron chi connectivity index (χ0n) is 24.1. The van der Waals surface area contributed by atoms with Crippen LogP contribution in [0.5, 0.6) is 0 Å². The van der Waals surface area contributed by atoms with Crippen LogP contribution in [0.4, 0.5) is 0 Å². The number of carbonyl (C=O) groups is 2. The van der Waals surface area contributed by atoms with Gasteiger partial charge in [-0.25, -0.2) is 4.79 Å². The van der Waals surface area contributed by atoms with Crippen molar-refractivity contribution in [3.63, 3.8) is 0 Å². The molecule has 36 heavy (non-hydrogen) atoms. The van der Waals surface area contributed by atoms with E-state index in [9.17, 15) is 14.7 Å². The number of carbonyl (C=O) groups excluding carboxylic acids is 1. The van der Waals surface area contributed by atoms with E-state index in [0.717, 1.165) is 25.7 Å². The lowest BCUT2D eigenvalue weighted by atomic mass is 9.90. The molecule has 1 saturated carbocycles. The molecular weight excluding hydrogens is 488 g/mol. The van der Waals surface area contributed by atoms with E-state index in [2.05, 4.69) is 25.2 Å². The van der Waals surface area contributed by atoms with Crippen LogP contribution < -0.4 is 0 Å². The van der Waals surface area contributed by atoms with Gasteiger partial charge in [-0.2, -0.15) is 0 Å². The lowest BCUT2D eigenvalue weighted by molar-refractivity contribution is -0.192. The van der Waals surface area contributed by atoms with Crippen molar-refractivity contribution in [1.29, 1.82) is 0 Å². The molecule has 0 aromatic rings. The minimum Gasteiger partial charge on any atom is -0.477 e. The van der Waals surface area contributed by atoms with Crippen molar-refractivity contribution in [2.45, 2.75) is 129 Å². The van der Waals surface area contributed by atoms with Crippen LogP contribution in [-0.2, 0) is 23.2 Å². The quantitative estimate of drug-likeness (QED) is 0.0670. The Hall–Kier alpha value is -1.23. The highest BCUT2D eigenvalue weighted by molar-refractivity contribution is 6.71. The first-order valence-electron chi connectivity index (χ1n) is 13.8. The Labute approximate surface area is 222 Å². The minimum atomic E-state index is -2.17. The van der Waals surface area contributed by atoms with Gasteiger partial charge in [0.25, 0.3) is 5.79 Å². The Kier molecular flexibility index (Phi) is 13.9. The monoisotopic (exact) mass is 540 g/mol. The molecule has 208 valence electrons. The van der Waals surface area contributed by atoms with E-state index in [0.29, 0.717) is 12.3 Å². The SMILES string of the molecule is CCCCCC/C=C/[C@H]1CC[C@H](OC(C)=O)[C@@H]1C/C=C\CCC(O[Si](C)(C)C)(O[Si](C)(C)C)C(=O)O. The second kappa shape index (κ2) is 15.2. The van der Waals surface area contributed by atoms with Crippen molar-refractivity contribution < 1.29 is 28.3 Å². The van der Waals surface area contributed by atoms with Crippen molar-refractivity contribution >= 4 is 28.6 Å². The van der Waals surface area contributed by atoms with Gasteiger partial charge in [-0.15, -0.1) is 0 Å². The second-order valence-corrected chi connectivity index (χ2v) is 20.9. The highest BCUT2D eigenvalue weighted by Gasteiger charge is 2.47. The first-order chi connectivity index (χ1) is 16.7. The molecule has 6 nitrogen and oxygen atoms in total. The van der Waals surface area contributed by atoms with Gasteiger partial charge >= 0.3 is 11.9 Å². The van der Waals surface area contributed by atoms with E-state index in [1.54, 1.807) is 0 Å². The molecule has 0 unspecified atom stereocenters. The normalized spacial score (nSPS) is 21.5. The van der Waals surface area contributed by atoms with E-state index in [-0.39, 0.29) is 24.4 Å². The Morgan fingerprint density at radius 3 is 2.08 bits per heavy atom. The average Bonchev–Trinajstić information content (AvgIpc) is 3.08. The Morgan fingerprint density at radius 2 is 1.56 bits per heavy atom. The fourth-order valence-electron chi connectivity index (χ4n) is 4.90. The Morgan fingerprint density at radius 1 is 0.917 bits per heavy atom. The molecule has 0 amide bonds. The van der Waals surface area contributed by atoms with E-state index in [1.807, 2.05) is 45.4 Å². The third-order valence-corrected chi connectivity index (χ3v) is 8.10. The van der Waals surface area contributed by atoms with Crippen molar-refractivity contribution in [1.82, 2.24) is 0 Å². The predicted octanol–water partition coefficient (Wildman–Crippen LogP) is 7.68. The molecule has 1 fully saturated rings. The topological polar surface area (TPSA) is 82.1 Å². The van der Waals surface area contributed by atoms with Crippen LogP contribution in [0, 0.1) is 11.8 Å². The van der Waals surface area contributed by atoms with E-state index < -0.39 is 28.4 Å². The maximum atomic E-state index is 12.3. The summed E-state index contributed by atoms with van der Waals surface area (Å²) in [5.74, 6) is -2.23. The smallest absolute Gasteiger partial charge is 0.362 e. The molecule has 0 aromatic heterocycles. The van der Waals surface area contributed by atoms with Crippen LogP contribution >= 0.6 is 0 Å². The summed E-state index contributed by atoms with van der Waals surface area (Å²) in [5, 5.41) is 10.1. The first kappa shape index (κ1) is 32.8. The molecule has 1 aliphatic carbocycles. The summed E-state index contributed by atoms with van der Waals surface area (Å²) >= 11 is 0. The average molecular weight is 541 g/mol. The molecule has 0 saturated heterocycles. The highest BCUT2D eigenvalue weighted by Crippen LogP contribution is 2.38. The molecule has 1 N–H and O–H groups in total. The van der Waals surface area contributed by atoms with E-state index in [1.165, 1.54) is 32.6 Å². The number of hydrogen-bond acceptors (Lipinski definition) is 5. The lowest BCUT2D eigenvalue weighted by Gasteiger charge is -2.39. The molecule has 8 heteroatoms. The molecule has 3 atom stereocenters. The zero-order valence-corrected chi connectivity index (χ0v) is 26.1. The summed E-state index contributed by atoms with van der Waals surface area (Å²) in [6, 6.07) is 0. The summed E-state index contributed by atoms with van der Waals surface area (Å²) in [6.45, 7) is 15.6. The number of aliphatic carboxylic acids is 1. The largest absolute Gasteiger partial charge is 0.477 e. The van der Waals surface area contributed by atoms with Gasteiger partial charge in [0.2, 0.25) is 0 Å². The van der Waals surface area contributed by atoms with E-state index >= 15 is 0 Å². The minimum absolute atomic E-state index is 0.0644. The van der Waals surface area contributed by atoms with Gasteiger partial charge < -0.3 is 18.7 Å². The number of allylic oxidation sites excluding steroid dienone is 4. The fourth-order valence-corrected chi connectivity index (χ4v) is 7.42. The van der Waals surface area contributed by atoms with Gasteiger partial charge in [0, 0.05) is 19.3 Å². The molecule has 0 aliphatic heterocycles. The van der Waals surface area contributed by atoms with Crippen molar-refractivity contribution in [2.24, 2.45) is 11.8 Å². The lowest BCUT2D eigenvalue weighted by Crippen LogP contribution is -2.55. The molecule has 0 aromatic carbocycles. The van der Waals surface area contributed by atoms with Crippen LogP contribution in [0.25, 0.3) is 0 Å². The number of carboxylic acid groups (broad SMARTS) is 1. The molecule has 0 bridgehead atoms. The van der Waals surface area contributed by atoms with Crippen LogP contribution in [0.3, 0.4) is 0 Å². The Balaban J connectivity index is 2.84. The second-order valence-electron chi connectivity index (χ2n) is 12.1. The van der Waals surface area contributed by atoms with Crippen LogP contribution in [-0.4, -0.2) is 45.6 Å². The van der Waals surface area contributed by atoms with Gasteiger partial charge in [0.05, 0.1) is 0 Å². The molecular formula is C28H52O6Si2. The zero-order chi connectivity index (χ0) is 27.4. The third kappa shape index (κ3) is 12.8. The van der Waals surface area contributed by atoms with E-state index in [4.69, 9.17) is 13.6 Å². The first-order valence-corrected chi connectivity index (χ1v) is 20.6. The number of ether oxygens (including phenoxy) is 1. The summed E-state index contributed by atoms with van der Waals surface area (Å²) in [5.41, 5.74) is 0. The number of hydrogen-bond donors (Lipinski definition) is 1. The molecule has 1 aliphatic rings. The molecule has 0 radical (unpaired) electrons. The van der Waals surface area contributed by atoms with Crippen LogP contribution in [0.2, 0.25) is 39.3 Å². The summed E-state index contributed by atoms with van der Waals surface area (Å²) in [6.07, 6.45) is 18.4. The summed E-state index contributed by atoms with van der Waals surface area (Å²) in [4.78, 5) is 24.0. The number of unbranched alkanes of at least 4 members (excludes halogenated alkanes) is 4. The molecule has 1 rings (SSSR count). The van der Waals surface area contributed by atoms with Crippen molar-refractivity contribution in [2.75, 3.05) is 0 Å². The fraction of sp³-hybridized carbons (Fsp3) is 0.786. The maximum Gasteiger partial charge on any atom is 0.362 e. The summed E-state index contributed by atoms with van der Waals surface area (Å²) in [7, 11) is -4.33. The van der Waals surface area contributed by atoms with Crippen molar-refractivity contribution in [3.05, 3.63) is 24.3 Å². The van der Waals surface area contributed by atoms with Gasteiger partial charge in [-0.3, -0.25) is 4.79 Å².